The monoisotopic (exact) mass is 487 g/mol. The third-order valence-electron chi connectivity index (χ3n) is 5.83. The largest absolute Gasteiger partial charge is 0.508 e. The molecule has 1 aliphatic rings. The number of aliphatic hydroxyl groups excluding tert-OH is 1. The van der Waals surface area contributed by atoms with Crippen molar-refractivity contribution in [2.24, 2.45) is 0 Å². The maximum Gasteiger partial charge on any atom is 0.338 e. The fourth-order valence-corrected chi connectivity index (χ4v) is 4.09. The van der Waals surface area contributed by atoms with Crippen molar-refractivity contribution in [1.29, 1.82) is 0 Å². The molecule has 1 unspecified atom stereocenters. The molecule has 1 atom stereocenters. The van der Waals surface area contributed by atoms with E-state index in [0.29, 0.717) is 35.6 Å². The van der Waals surface area contributed by atoms with Gasteiger partial charge in [-0.15, -0.1) is 0 Å². The number of ether oxygens (including phenoxy) is 2. The molecule has 8 nitrogen and oxygen atoms in total. The number of para-hydroxylation sites is 1. The molecular formula is C28H25NO7. The number of benzene rings is 3. The van der Waals surface area contributed by atoms with Crippen molar-refractivity contribution in [1.82, 2.24) is 0 Å². The van der Waals surface area contributed by atoms with Crippen molar-refractivity contribution in [2.75, 3.05) is 18.6 Å². The zero-order valence-electron chi connectivity index (χ0n) is 19.8. The van der Waals surface area contributed by atoms with Crippen LogP contribution in [0, 0.1) is 0 Å². The Hall–Kier alpha value is -4.59. The fraction of sp³-hybridized carbons (Fsp3) is 0.179. The Balaban J connectivity index is 1.85. The van der Waals surface area contributed by atoms with Crippen LogP contribution in [-0.4, -0.2) is 41.6 Å². The van der Waals surface area contributed by atoms with Gasteiger partial charge in [0.2, 0.25) is 0 Å². The summed E-state index contributed by atoms with van der Waals surface area (Å²) in [7, 11) is 1.44. The molecule has 0 saturated carbocycles. The van der Waals surface area contributed by atoms with E-state index in [1.807, 2.05) is 6.92 Å². The van der Waals surface area contributed by atoms with Gasteiger partial charge in [-0.3, -0.25) is 14.5 Å². The van der Waals surface area contributed by atoms with Crippen molar-refractivity contribution < 1.29 is 34.1 Å². The SMILES string of the molecule is CCCOC(=O)c1ccc(N2C(=O)C(=O)/C(=C(/O)c3ccccc3OC)C2c2ccc(O)cc2)cc1. The Morgan fingerprint density at radius 1 is 0.972 bits per heavy atom. The summed E-state index contributed by atoms with van der Waals surface area (Å²) < 4.78 is 10.5. The third kappa shape index (κ3) is 4.53. The predicted molar refractivity (Wildman–Crippen MR) is 133 cm³/mol. The van der Waals surface area contributed by atoms with Crippen molar-refractivity contribution >= 4 is 29.1 Å². The quantitative estimate of drug-likeness (QED) is 0.217. The summed E-state index contributed by atoms with van der Waals surface area (Å²) in [5.74, 6) is -2.24. The molecule has 2 N–H and O–H groups in total. The van der Waals surface area contributed by atoms with Crippen LogP contribution in [0.5, 0.6) is 11.5 Å². The lowest BCUT2D eigenvalue weighted by molar-refractivity contribution is -0.132. The van der Waals surface area contributed by atoms with Gasteiger partial charge >= 0.3 is 5.97 Å². The first-order valence-corrected chi connectivity index (χ1v) is 11.4. The Kier molecular flexibility index (Phi) is 7.05. The van der Waals surface area contributed by atoms with E-state index in [1.165, 1.54) is 36.3 Å². The number of ketones is 1. The van der Waals surface area contributed by atoms with Gasteiger partial charge in [-0.2, -0.15) is 0 Å². The molecule has 1 aliphatic heterocycles. The number of anilines is 1. The average molecular weight is 488 g/mol. The highest BCUT2D eigenvalue weighted by atomic mass is 16.5. The number of Topliss-reactive ketones (excluding diaryl/α,β-unsaturated/α-hetero) is 1. The van der Waals surface area contributed by atoms with E-state index in [1.54, 1.807) is 48.5 Å². The average Bonchev–Trinajstić information content (AvgIpc) is 3.17. The minimum Gasteiger partial charge on any atom is -0.508 e. The molecule has 36 heavy (non-hydrogen) atoms. The lowest BCUT2D eigenvalue weighted by atomic mass is 9.94. The van der Waals surface area contributed by atoms with Gasteiger partial charge in [0.25, 0.3) is 11.7 Å². The summed E-state index contributed by atoms with van der Waals surface area (Å²) in [6.07, 6.45) is 0.688. The van der Waals surface area contributed by atoms with Crippen LogP contribution in [0.3, 0.4) is 0 Å². The second-order valence-corrected chi connectivity index (χ2v) is 8.14. The molecule has 1 saturated heterocycles. The van der Waals surface area contributed by atoms with Gasteiger partial charge < -0.3 is 19.7 Å². The molecule has 1 heterocycles. The van der Waals surface area contributed by atoms with Gasteiger partial charge in [-0.25, -0.2) is 4.79 Å². The van der Waals surface area contributed by atoms with E-state index in [2.05, 4.69) is 0 Å². The summed E-state index contributed by atoms with van der Waals surface area (Å²) in [5, 5.41) is 21.0. The lowest BCUT2D eigenvalue weighted by Gasteiger charge is -2.25. The van der Waals surface area contributed by atoms with E-state index >= 15 is 0 Å². The number of aliphatic hydroxyl groups is 1. The molecule has 0 radical (unpaired) electrons. The highest BCUT2D eigenvalue weighted by Gasteiger charge is 2.47. The predicted octanol–water partition coefficient (Wildman–Crippen LogP) is 4.59. The summed E-state index contributed by atoms with van der Waals surface area (Å²) in [5.41, 5.74) is 1.28. The molecule has 1 amide bonds. The zero-order chi connectivity index (χ0) is 25.8. The Morgan fingerprint density at radius 2 is 1.64 bits per heavy atom. The number of phenols is 1. The number of aromatic hydroxyl groups is 1. The number of carbonyl (C=O) groups is 3. The number of hydrogen-bond acceptors (Lipinski definition) is 7. The van der Waals surface area contributed by atoms with E-state index in [0.717, 1.165) is 0 Å². The van der Waals surface area contributed by atoms with Crippen molar-refractivity contribution in [3.05, 3.63) is 95.1 Å². The van der Waals surface area contributed by atoms with Crippen molar-refractivity contribution in [3.63, 3.8) is 0 Å². The molecule has 3 aromatic rings. The first-order chi connectivity index (χ1) is 17.4. The molecular weight excluding hydrogens is 462 g/mol. The highest BCUT2D eigenvalue weighted by Crippen LogP contribution is 2.43. The normalized spacial score (nSPS) is 16.7. The van der Waals surface area contributed by atoms with Gasteiger partial charge in [0.1, 0.15) is 17.3 Å². The van der Waals surface area contributed by atoms with Crippen LogP contribution in [0.15, 0.2) is 78.4 Å². The number of phenolic OH excluding ortho intramolecular Hbond substituents is 1. The van der Waals surface area contributed by atoms with E-state index in [9.17, 15) is 24.6 Å². The van der Waals surface area contributed by atoms with Crippen LogP contribution in [0.4, 0.5) is 5.69 Å². The van der Waals surface area contributed by atoms with Crippen molar-refractivity contribution in [2.45, 2.75) is 19.4 Å². The van der Waals surface area contributed by atoms with Gasteiger partial charge in [-0.05, 0) is 60.5 Å². The minimum absolute atomic E-state index is 0.00961. The Morgan fingerprint density at radius 3 is 2.28 bits per heavy atom. The summed E-state index contributed by atoms with van der Waals surface area (Å²) >= 11 is 0. The number of hydrogen-bond donors (Lipinski definition) is 2. The van der Waals surface area contributed by atoms with Gasteiger partial charge in [-0.1, -0.05) is 31.2 Å². The van der Waals surface area contributed by atoms with Crippen LogP contribution >= 0.6 is 0 Å². The standard InChI is InChI=1S/C28H25NO7/c1-3-16-36-28(34)18-8-12-19(13-9-18)29-24(17-10-14-20(30)15-11-17)23(26(32)27(29)33)25(31)21-6-4-5-7-22(21)35-2/h4-15,24,30-31H,3,16H2,1-2H3/b25-23+. The molecule has 1 fully saturated rings. The summed E-state index contributed by atoms with van der Waals surface area (Å²) in [6.45, 7) is 2.18. The second-order valence-electron chi connectivity index (χ2n) is 8.14. The summed E-state index contributed by atoms with van der Waals surface area (Å²) in [4.78, 5) is 40.0. The Labute approximate surface area is 208 Å². The smallest absolute Gasteiger partial charge is 0.338 e. The van der Waals surface area contributed by atoms with Gasteiger partial charge in [0, 0.05) is 5.69 Å². The zero-order valence-corrected chi connectivity index (χ0v) is 19.8. The molecule has 0 aliphatic carbocycles. The molecule has 184 valence electrons. The van der Waals surface area contributed by atoms with Crippen LogP contribution in [0.1, 0.15) is 40.9 Å². The number of esters is 1. The number of nitrogens with zero attached hydrogens (tertiary/aromatic N) is 1. The molecule has 3 aromatic carbocycles. The van der Waals surface area contributed by atoms with Crippen molar-refractivity contribution in [3.8, 4) is 11.5 Å². The molecule has 8 heteroatoms. The summed E-state index contributed by atoms with van der Waals surface area (Å²) in [6, 6.07) is 17.8. The van der Waals surface area contributed by atoms with Crippen LogP contribution in [0.2, 0.25) is 0 Å². The number of amides is 1. The maximum absolute atomic E-state index is 13.3. The number of methoxy groups -OCH3 is 1. The molecule has 0 spiro atoms. The fourth-order valence-electron chi connectivity index (χ4n) is 4.09. The minimum atomic E-state index is -0.992. The maximum atomic E-state index is 13.3. The van der Waals surface area contributed by atoms with Gasteiger partial charge in [0.15, 0.2) is 0 Å². The van der Waals surface area contributed by atoms with Crippen LogP contribution in [-0.2, 0) is 14.3 Å². The van der Waals surface area contributed by atoms with Gasteiger partial charge in [0.05, 0.1) is 36.5 Å². The number of rotatable bonds is 7. The molecule has 0 aromatic heterocycles. The first kappa shape index (κ1) is 24.5. The van der Waals surface area contributed by atoms with Crippen LogP contribution < -0.4 is 9.64 Å². The topological polar surface area (TPSA) is 113 Å². The Bertz CT molecular complexity index is 1330. The first-order valence-electron chi connectivity index (χ1n) is 11.4. The second kappa shape index (κ2) is 10.4. The third-order valence-corrected chi connectivity index (χ3v) is 5.83. The van der Waals surface area contributed by atoms with Crippen LogP contribution in [0.25, 0.3) is 5.76 Å². The molecule has 4 rings (SSSR count). The van der Waals surface area contributed by atoms with E-state index in [-0.39, 0.29) is 22.6 Å². The highest BCUT2D eigenvalue weighted by molar-refractivity contribution is 6.51. The van der Waals surface area contributed by atoms with E-state index < -0.39 is 23.7 Å². The van der Waals surface area contributed by atoms with E-state index in [4.69, 9.17) is 9.47 Å². The lowest BCUT2D eigenvalue weighted by Crippen LogP contribution is -2.29. The number of carbonyl (C=O) groups excluding carboxylic acids is 3. The molecule has 0 bridgehead atoms.